The van der Waals surface area contributed by atoms with Crippen LogP contribution >= 0.6 is 11.6 Å². The first-order chi connectivity index (χ1) is 8.04. The van der Waals surface area contributed by atoms with Crippen LogP contribution in [0.25, 0.3) is 0 Å². The summed E-state index contributed by atoms with van der Waals surface area (Å²) in [5, 5.41) is 2.66. The molecule has 0 heterocycles. The fraction of sp³-hybridized carbons (Fsp3) is 0.500. The second-order valence-corrected chi connectivity index (χ2v) is 7.20. The second-order valence-electron chi connectivity index (χ2n) is 4.35. The maximum absolute atomic E-state index is 12.3. The lowest BCUT2D eigenvalue weighted by Gasteiger charge is -2.11. The average molecular weight is 274 g/mol. The van der Waals surface area contributed by atoms with Gasteiger partial charge < -0.3 is 5.32 Å². The van der Waals surface area contributed by atoms with Crippen LogP contribution in [0.5, 0.6) is 0 Å². The molecule has 5 heteroatoms. The maximum Gasteiger partial charge on any atom is 0.181 e. The Morgan fingerprint density at radius 3 is 2.35 bits per heavy atom. The lowest BCUT2D eigenvalue weighted by Crippen LogP contribution is -2.18. The Morgan fingerprint density at radius 2 is 1.88 bits per heavy atom. The second kappa shape index (κ2) is 4.86. The molecule has 2 rings (SSSR count). The van der Waals surface area contributed by atoms with Crippen molar-refractivity contribution in [2.24, 2.45) is 0 Å². The van der Waals surface area contributed by atoms with Gasteiger partial charge in [-0.05, 0) is 43.5 Å². The zero-order valence-electron chi connectivity index (χ0n) is 9.69. The van der Waals surface area contributed by atoms with E-state index in [9.17, 15) is 8.42 Å². The Morgan fingerprint density at radius 1 is 1.24 bits per heavy atom. The van der Waals surface area contributed by atoms with E-state index in [-0.39, 0.29) is 10.6 Å². The summed E-state index contributed by atoms with van der Waals surface area (Å²) < 4.78 is 24.6. The summed E-state index contributed by atoms with van der Waals surface area (Å²) >= 11 is 5.97. The van der Waals surface area contributed by atoms with E-state index in [4.69, 9.17) is 11.6 Å². The molecular weight excluding hydrogens is 258 g/mol. The molecule has 1 N–H and O–H groups in total. The molecule has 1 saturated carbocycles. The molecule has 1 aromatic rings. The molecule has 94 valence electrons. The standard InChI is InChI=1S/C12H16ClNO2S/c1-14-10-3-6-11(7-4-10)17(15,16)12-5-2-9(13)8-12/h3-4,6-7,9,12,14H,2,5,8H2,1H3. The van der Waals surface area contributed by atoms with E-state index in [1.807, 2.05) is 0 Å². The highest BCUT2D eigenvalue weighted by Crippen LogP contribution is 2.32. The minimum atomic E-state index is -3.21. The van der Waals surface area contributed by atoms with Crippen LogP contribution in [-0.2, 0) is 9.84 Å². The fourth-order valence-electron chi connectivity index (χ4n) is 2.17. The highest BCUT2D eigenvalue weighted by molar-refractivity contribution is 7.92. The molecule has 0 spiro atoms. The summed E-state index contributed by atoms with van der Waals surface area (Å²) in [6.07, 6.45) is 2.03. The van der Waals surface area contributed by atoms with Gasteiger partial charge in [-0.15, -0.1) is 11.6 Å². The van der Waals surface area contributed by atoms with Crippen LogP contribution in [0.3, 0.4) is 0 Å². The van der Waals surface area contributed by atoms with E-state index in [0.29, 0.717) is 17.7 Å². The molecule has 1 fully saturated rings. The van der Waals surface area contributed by atoms with Crippen LogP contribution in [0, 0.1) is 0 Å². The molecule has 3 nitrogen and oxygen atoms in total. The van der Waals surface area contributed by atoms with E-state index in [2.05, 4.69) is 5.32 Å². The highest BCUT2D eigenvalue weighted by Gasteiger charge is 2.34. The molecule has 2 atom stereocenters. The van der Waals surface area contributed by atoms with Gasteiger partial charge in [0.05, 0.1) is 10.1 Å². The van der Waals surface area contributed by atoms with Gasteiger partial charge >= 0.3 is 0 Å². The van der Waals surface area contributed by atoms with Crippen molar-refractivity contribution in [3.8, 4) is 0 Å². The van der Waals surface area contributed by atoms with Crippen molar-refractivity contribution >= 4 is 27.1 Å². The van der Waals surface area contributed by atoms with Crippen molar-refractivity contribution in [2.45, 2.75) is 34.8 Å². The van der Waals surface area contributed by atoms with E-state index in [1.165, 1.54) is 0 Å². The lowest BCUT2D eigenvalue weighted by atomic mass is 10.3. The van der Waals surface area contributed by atoms with Crippen molar-refractivity contribution in [2.75, 3.05) is 12.4 Å². The average Bonchev–Trinajstić information content (AvgIpc) is 2.77. The topological polar surface area (TPSA) is 46.2 Å². The smallest absolute Gasteiger partial charge is 0.181 e. The molecule has 0 bridgehead atoms. The van der Waals surface area contributed by atoms with Gasteiger partial charge in [0.2, 0.25) is 0 Å². The molecule has 2 unspecified atom stereocenters. The van der Waals surface area contributed by atoms with Crippen LogP contribution in [0.15, 0.2) is 29.2 Å². The molecule has 0 aromatic heterocycles. The van der Waals surface area contributed by atoms with E-state index < -0.39 is 9.84 Å². The normalized spacial score (nSPS) is 24.8. The number of sulfone groups is 1. The summed E-state index contributed by atoms with van der Waals surface area (Å²) in [7, 11) is -1.40. The Bertz CT molecular complexity index is 484. The van der Waals surface area contributed by atoms with Crippen LogP contribution in [0.4, 0.5) is 5.69 Å². The maximum atomic E-state index is 12.3. The third-order valence-corrected chi connectivity index (χ3v) is 5.86. The van der Waals surface area contributed by atoms with Crippen molar-refractivity contribution in [1.29, 1.82) is 0 Å². The minimum absolute atomic E-state index is 0.00589. The van der Waals surface area contributed by atoms with Crippen LogP contribution in [0.2, 0.25) is 0 Å². The molecule has 0 amide bonds. The predicted octanol–water partition coefficient (Wildman–Crippen LogP) is 2.66. The predicted molar refractivity (Wildman–Crippen MR) is 70.5 cm³/mol. The van der Waals surface area contributed by atoms with Crippen LogP contribution < -0.4 is 5.32 Å². The van der Waals surface area contributed by atoms with E-state index in [0.717, 1.165) is 12.1 Å². The zero-order valence-corrected chi connectivity index (χ0v) is 11.3. The lowest BCUT2D eigenvalue weighted by molar-refractivity contribution is 0.580. The number of rotatable bonds is 3. The zero-order chi connectivity index (χ0) is 12.5. The van der Waals surface area contributed by atoms with Gasteiger partial charge in [-0.25, -0.2) is 8.42 Å². The summed E-state index contributed by atoms with van der Waals surface area (Å²) in [6, 6.07) is 6.87. The van der Waals surface area contributed by atoms with Gasteiger partial charge in [-0.3, -0.25) is 0 Å². The number of nitrogens with one attached hydrogen (secondary N) is 1. The third kappa shape index (κ3) is 2.58. The first kappa shape index (κ1) is 12.7. The molecule has 17 heavy (non-hydrogen) atoms. The van der Waals surface area contributed by atoms with E-state index >= 15 is 0 Å². The third-order valence-electron chi connectivity index (χ3n) is 3.23. The monoisotopic (exact) mass is 273 g/mol. The van der Waals surface area contributed by atoms with Gasteiger partial charge in [0.1, 0.15) is 0 Å². The summed E-state index contributed by atoms with van der Waals surface area (Å²) in [6.45, 7) is 0. The van der Waals surface area contributed by atoms with E-state index in [1.54, 1.807) is 31.3 Å². The SMILES string of the molecule is CNc1ccc(S(=O)(=O)C2CCC(Cl)C2)cc1. The molecule has 0 saturated heterocycles. The molecule has 1 aliphatic rings. The number of hydrogen-bond donors (Lipinski definition) is 1. The summed E-state index contributed by atoms with van der Waals surface area (Å²) in [5.41, 5.74) is 0.908. The van der Waals surface area contributed by atoms with Gasteiger partial charge in [0.15, 0.2) is 9.84 Å². The number of halogens is 1. The molecule has 1 aromatic carbocycles. The first-order valence-corrected chi connectivity index (χ1v) is 7.68. The Hall–Kier alpha value is -0.740. The van der Waals surface area contributed by atoms with Crippen molar-refractivity contribution < 1.29 is 8.42 Å². The van der Waals surface area contributed by atoms with Gasteiger partial charge in [-0.1, -0.05) is 0 Å². The Labute approximate surface area is 107 Å². The Balaban J connectivity index is 2.25. The van der Waals surface area contributed by atoms with Crippen LogP contribution in [0.1, 0.15) is 19.3 Å². The number of anilines is 1. The van der Waals surface area contributed by atoms with Gasteiger partial charge in [0, 0.05) is 18.1 Å². The van der Waals surface area contributed by atoms with Gasteiger partial charge in [-0.2, -0.15) is 0 Å². The molecule has 1 aliphatic carbocycles. The number of benzene rings is 1. The van der Waals surface area contributed by atoms with Crippen molar-refractivity contribution in [3.63, 3.8) is 0 Å². The Kier molecular flexibility index (Phi) is 3.64. The molecule has 0 aliphatic heterocycles. The first-order valence-electron chi connectivity index (χ1n) is 5.70. The van der Waals surface area contributed by atoms with Crippen molar-refractivity contribution in [3.05, 3.63) is 24.3 Å². The number of alkyl halides is 1. The molecule has 0 radical (unpaired) electrons. The van der Waals surface area contributed by atoms with Gasteiger partial charge in [0.25, 0.3) is 0 Å². The quantitative estimate of drug-likeness (QED) is 0.862. The largest absolute Gasteiger partial charge is 0.388 e. The highest BCUT2D eigenvalue weighted by atomic mass is 35.5. The molecular formula is C12H16ClNO2S. The van der Waals surface area contributed by atoms with Crippen LogP contribution in [-0.4, -0.2) is 26.1 Å². The fourth-order valence-corrected chi connectivity index (χ4v) is 4.45. The summed E-state index contributed by atoms with van der Waals surface area (Å²) in [5.74, 6) is 0. The van der Waals surface area contributed by atoms with Crippen molar-refractivity contribution in [1.82, 2.24) is 0 Å². The summed E-state index contributed by atoms with van der Waals surface area (Å²) in [4.78, 5) is 0.396. The number of hydrogen-bond acceptors (Lipinski definition) is 3. The minimum Gasteiger partial charge on any atom is -0.388 e.